The Balaban J connectivity index is 2.53. The smallest absolute Gasteiger partial charge is 0.268 e. The van der Waals surface area contributed by atoms with Crippen molar-refractivity contribution in [1.29, 1.82) is 0 Å². The second-order valence-corrected chi connectivity index (χ2v) is 4.26. The number of anilines is 1. The number of ether oxygens (including phenoxy) is 1. The number of hydrogen-bond acceptors (Lipinski definition) is 3. The summed E-state index contributed by atoms with van der Waals surface area (Å²) in [5, 5.41) is 2.53. The summed E-state index contributed by atoms with van der Waals surface area (Å²) in [7, 11) is 0. The minimum Gasteiger partial charge on any atom is -0.476 e. The van der Waals surface area contributed by atoms with E-state index in [1.54, 1.807) is 13.8 Å². The topological polar surface area (TPSA) is 81.4 Å². The Morgan fingerprint density at radius 1 is 1.47 bits per heavy atom. The lowest BCUT2D eigenvalue weighted by Crippen LogP contribution is -2.45. The highest BCUT2D eigenvalue weighted by Crippen LogP contribution is 2.35. The second kappa shape index (κ2) is 3.44. The van der Waals surface area contributed by atoms with Crippen LogP contribution >= 0.6 is 0 Å². The molecule has 6 heteroatoms. The Bertz CT molecular complexity index is 526. The van der Waals surface area contributed by atoms with Gasteiger partial charge in [-0.25, -0.2) is 4.39 Å². The van der Waals surface area contributed by atoms with E-state index in [2.05, 4.69) is 5.32 Å². The molecule has 0 saturated carbocycles. The molecule has 0 aliphatic carbocycles. The maximum Gasteiger partial charge on any atom is 0.268 e. The molecule has 0 spiro atoms. The standard InChI is InChI=1S/C11H11FN2O3/c1-11(2)10(16)14-7-3-5(9(13)15)6(12)4-8(7)17-11/h3-4H,1-2H3,(H2,13,15)(H,14,16). The summed E-state index contributed by atoms with van der Waals surface area (Å²) >= 11 is 0. The molecule has 0 atom stereocenters. The fourth-order valence-electron chi connectivity index (χ4n) is 1.52. The lowest BCUT2D eigenvalue weighted by molar-refractivity contribution is -0.129. The predicted molar refractivity (Wildman–Crippen MR) is 58.3 cm³/mol. The number of carbonyl (C=O) groups is 2. The summed E-state index contributed by atoms with van der Waals surface area (Å²) in [6.07, 6.45) is 0. The van der Waals surface area contributed by atoms with Gasteiger partial charge < -0.3 is 15.8 Å². The lowest BCUT2D eigenvalue weighted by atomic mass is 10.0. The van der Waals surface area contributed by atoms with Crippen LogP contribution in [0.15, 0.2) is 12.1 Å². The van der Waals surface area contributed by atoms with Crippen molar-refractivity contribution >= 4 is 17.5 Å². The Kier molecular flexibility index (Phi) is 2.30. The summed E-state index contributed by atoms with van der Waals surface area (Å²) < 4.78 is 18.8. The van der Waals surface area contributed by atoms with Gasteiger partial charge in [0, 0.05) is 6.07 Å². The van der Waals surface area contributed by atoms with E-state index in [1.165, 1.54) is 6.07 Å². The van der Waals surface area contributed by atoms with Crippen LogP contribution in [0.5, 0.6) is 5.75 Å². The SMILES string of the molecule is CC1(C)Oc2cc(F)c(C(N)=O)cc2NC1=O. The Morgan fingerprint density at radius 2 is 2.12 bits per heavy atom. The van der Waals surface area contributed by atoms with E-state index in [-0.39, 0.29) is 22.9 Å². The van der Waals surface area contributed by atoms with Gasteiger partial charge in [0.2, 0.25) is 0 Å². The number of nitrogens with one attached hydrogen (secondary N) is 1. The molecule has 2 rings (SSSR count). The molecule has 1 heterocycles. The molecule has 0 bridgehead atoms. The summed E-state index contributed by atoms with van der Waals surface area (Å²) in [6, 6.07) is 2.21. The molecule has 3 N–H and O–H groups in total. The van der Waals surface area contributed by atoms with Gasteiger partial charge >= 0.3 is 0 Å². The van der Waals surface area contributed by atoms with Crippen LogP contribution in [0.25, 0.3) is 0 Å². The molecule has 2 amide bonds. The highest BCUT2D eigenvalue weighted by Gasteiger charge is 2.36. The fraction of sp³-hybridized carbons (Fsp3) is 0.273. The third kappa shape index (κ3) is 1.82. The number of benzene rings is 1. The molecule has 1 aromatic rings. The molecule has 1 aliphatic heterocycles. The van der Waals surface area contributed by atoms with E-state index < -0.39 is 17.3 Å². The van der Waals surface area contributed by atoms with Crippen molar-refractivity contribution < 1.29 is 18.7 Å². The normalized spacial score (nSPS) is 16.8. The summed E-state index contributed by atoms with van der Waals surface area (Å²) in [6.45, 7) is 3.12. The summed E-state index contributed by atoms with van der Waals surface area (Å²) in [5.41, 5.74) is 3.88. The van der Waals surface area contributed by atoms with Crippen molar-refractivity contribution in [2.75, 3.05) is 5.32 Å². The minimum absolute atomic E-state index is 0.178. The molecular formula is C11H11FN2O3. The number of amides is 2. The van der Waals surface area contributed by atoms with Crippen molar-refractivity contribution in [3.05, 3.63) is 23.5 Å². The first-order valence-electron chi connectivity index (χ1n) is 4.95. The third-order valence-corrected chi connectivity index (χ3v) is 2.49. The van der Waals surface area contributed by atoms with E-state index >= 15 is 0 Å². The zero-order valence-corrected chi connectivity index (χ0v) is 9.33. The van der Waals surface area contributed by atoms with E-state index in [0.717, 1.165) is 6.07 Å². The molecule has 5 nitrogen and oxygen atoms in total. The average Bonchev–Trinajstić information content (AvgIpc) is 2.19. The molecule has 17 heavy (non-hydrogen) atoms. The Morgan fingerprint density at radius 3 is 2.71 bits per heavy atom. The van der Waals surface area contributed by atoms with Crippen molar-refractivity contribution in [1.82, 2.24) is 0 Å². The molecular weight excluding hydrogens is 227 g/mol. The van der Waals surface area contributed by atoms with Gasteiger partial charge in [-0.1, -0.05) is 0 Å². The van der Waals surface area contributed by atoms with E-state index in [4.69, 9.17) is 10.5 Å². The third-order valence-electron chi connectivity index (χ3n) is 2.49. The van der Waals surface area contributed by atoms with Gasteiger partial charge in [-0.3, -0.25) is 9.59 Å². The van der Waals surface area contributed by atoms with Crippen LogP contribution in [-0.4, -0.2) is 17.4 Å². The fourth-order valence-corrected chi connectivity index (χ4v) is 1.52. The van der Waals surface area contributed by atoms with Gasteiger partial charge in [0.1, 0.15) is 11.6 Å². The number of carbonyl (C=O) groups excluding carboxylic acids is 2. The van der Waals surface area contributed by atoms with Crippen LogP contribution in [0, 0.1) is 5.82 Å². The molecule has 0 aromatic heterocycles. The van der Waals surface area contributed by atoms with E-state index in [9.17, 15) is 14.0 Å². The summed E-state index contributed by atoms with van der Waals surface area (Å²) in [4.78, 5) is 22.5. The lowest BCUT2D eigenvalue weighted by Gasteiger charge is -2.31. The van der Waals surface area contributed by atoms with Gasteiger partial charge in [0.25, 0.3) is 11.8 Å². The van der Waals surface area contributed by atoms with Gasteiger partial charge in [-0.15, -0.1) is 0 Å². The molecule has 1 aromatic carbocycles. The van der Waals surface area contributed by atoms with E-state index in [1.807, 2.05) is 0 Å². The molecule has 0 saturated heterocycles. The van der Waals surface area contributed by atoms with Gasteiger partial charge in [0.05, 0.1) is 11.3 Å². The van der Waals surface area contributed by atoms with Crippen molar-refractivity contribution in [3.63, 3.8) is 0 Å². The van der Waals surface area contributed by atoms with Crippen LogP contribution < -0.4 is 15.8 Å². The molecule has 0 radical (unpaired) electrons. The van der Waals surface area contributed by atoms with Crippen LogP contribution in [0.4, 0.5) is 10.1 Å². The van der Waals surface area contributed by atoms with Crippen LogP contribution in [0.1, 0.15) is 24.2 Å². The zero-order chi connectivity index (χ0) is 12.8. The van der Waals surface area contributed by atoms with Gasteiger partial charge in [-0.2, -0.15) is 0 Å². The number of fused-ring (bicyclic) bond motifs is 1. The first-order chi connectivity index (χ1) is 7.81. The average molecular weight is 238 g/mol. The number of nitrogens with two attached hydrogens (primary N) is 1. The Labute approximate surface area is 96.7 Å². The van der Waals surface area contributed by atoms with Crippen LogP contribution in [0.3, 0.4) is 0 Å². The summed E-state index contributed by atoms with van der Waals surface area (Å²) in [5.74, 6) is -1.86. The Hall–Kier alpha value is -2.11. The van der Waals surface area contributed by atoms with Crippen molar-refractivity contribution in [2.45, 2.75) is 19.4 Å². The second-order valence-electron chi connectivity index (χ2n) is 4.26. The number of rotatable bonds is 1. The maximum atomic E-state index is 13.5. The minimum atomic E-state index is -1.08. The zero-order valence-electron chi connectivity index (χ0n) is 9.33. The molecule has 1 aliphatic rings. The van der Waals surface area contributed by atoms with Crippen LogP contribution in [-0.2, 0) is 4.79 Å². The quantitative estimate of drug-likeness (QED) is 0.766. The molecule has 0 unspecified atom stereocenters. The molecule has 0 fully saturated rings. The van der Waals surface area contributed by atoms with Gasteiger partial charge in [0.15, 0.2) is 5.60 Å². The predicted octanol–water partition coefficient (Wildman–Crippen LogP) is 1.03. The molecule has 90 valence electrons. The number of primary amides is 1. The highest BCUT2D eigenvalue weighted by atomic mass is 19.1. The first-order valence-corrected chi connectivity index (χ1v) is 4.95. The first kappa shape index (κ1) is 11.4. The van der Waals surface area contributed by atoms with Crippen molar-refractivity contribution in [2.24, 2.45) is 5.73 Å². The maximum absolute atomic E-state index is 13.5. The van der Waals surface area contributed by atoms with Crippen LogP contribution in [0.2, 0.25) is 0 Å². The number of hydrogen-bond donors (Lipinski definition) is 2. The van der Waals surface area contributed by atoms with E-state index in [0.29, 0.717) is 0 Å². The van der Waals surface area contributed by atoms with Crippen molar-refractivity contribution in [3.8, 4) is 5.75 Å². The largest absolute Gasteiger partial charge is 0.476 e. The highest BCUT2D eigenvalue weighted by molar-refractivity contribution is 6.02. The number of halogens is 1. The monoisotopic (exact) mass is 238 g/mol. The van der Waals surface area contributed by atoms with Gasteiger partial charge in [-0.05, 0) is 19.9 Å².